The predicted octanol–water partition coefficient (Wildman–Crippen LogP) is 1.23. The van der Waals surface area contributed by atoms with Crippen molar-refractivity contribution in [3.05, 3.63) is 36.0 Å². The molecule has 0 saturated heterocycles. The molecule has 2 rings (SSSR count). The van der Waals surface area contributed by atoms with E-state index < -0.39 is 0 Å². The Balaban J connectivity index is 2.69. The van der Waals surface area contributed by atoms with Gasteiger partial charge < -0.3 is 10.9 Å². The molecule has 0 saturated carbocycles. The van der Waals surface area contributed by atoms with Crippen LogP contribution in [0.5, 0.6) is 5.75 Å². The fourth-order valence-corrected chi connectivity index (χ4v) is 1.29. The van der Waals surface area contributed by atoms with Crippen LogP contribution in [0.15, 0.2) is 35.4 Å². The van der Waals surface area contributed by atoms with E-state index >= 15 is 0 Å². The first-order chi connectivity index (χ1) is 6.81. The van der Waals surface area contributed by atoms with Crippen LogP contribution in [-0.4, -0.2) is 16.3 Å². The molecule has 0 bridgehead atoms. The van der Waals surface area contributed by atoms with Crippen molar-refractivity contribution in [1.82, 2.24) is 4.98 Å². The van der Waals surface area contributed by atoms with Gasteiger partial charge in [-0.25, -0.2) is 4.98 Å². The zero-order valence-corrected chi connectivity index (χ0v) is 7.38. The Morgan fingerprint density at radius 1 is 1.29 bits per heavy atom. The number of nitrogens with zero attached hydrogens (tertiary/aromatic N) is 2. The predicted molar refractivity (Wildman–Crippen MR) is 55.2 cm³/mol. The molecule has 0 aliphatic rings. The molecule has 0 unspecified atom stereocenters. The van der Waals surface area contributed by atoms with E-state index in [0.29, 0.717) is 11.2 Å². The Kier molecular flexibility index (Phi) is 2.02. The Hall–Kier alpha value is -2.10. The number of aromatic nitrogens is 1. The standard InChI is InChI=1S/C10H9N3O/c11-12-6-8-5-4-7-2-1-3-9(14)10(7)13-8/h1-6,14H,11H2/b12-6+. The maximum atomic E-state index is 9.53. The number of phenols is 1. The maximum Gasteiger partial charge on any atom is 0.141 e. The quantitative estimate of drug-likeness (QED) is 0.400. The third-order valence-electron chi connectivity index (χ3n) is 1.93. The van der Waals surface area contributed by atoms with Gasteiger partial charge in [0.1, 0.15) is 11.3 Å². The number of rotatable bonds is 1. The molecule has 4 heteroatoms. The zero-order valence-electron chi connectivity index (χ0n) is 7.38. The normalized spacial score (nSPS) is 11.1. The smallest absolute Gasteiger partial charge is 0.141 e. The number of nitrogens with two attached hydrogens (primary N) is 1. The minimum absolute atomic E-state index is 0.162. The van der Waals surface area contributed by atoms with E-state index in [2.05, 4.69) is 10.1 Å². The van der Waals surface area contributed by atoms with Crippen LogP contribution in [0.3, 0.4) is 0 Å². The number of aromatic hydroxyl groups is 1. The summed E-state index contributed by atoms with van der Waals surface area (Å²) in [5.74, 6) is 5.17. The van der Waals surface area contributed by atoms with E-state index in [9.17, 15) is 5.11 Å². The van der Waals surface area contributed by atoms with Crippen molar-refractivity contribution in [2.45, 2.75) is 0 Å². The van der Waals surface area contributed by atoms with Gasteiger partial charge in [0.05, 0.1) is 11.9 Å². The van der Waals surface area contributed by atoms with Crippen molar-refractivity contribution in [2.24, 2.45) is 10.9 Å². The second-order valence-electron chi connectivity index (χ2n) is 2.86. The summed E-state index contributed by atoms with van der Waals surface area (Å²) in [5.41, 5.74) is 1.19. The van der Waals surface area contributed by atoms with Crippen LogP contribution < -0.4 is 5.84 Å². The fraction of sp³-hybridized carbons (Fsp3) is 0. The van der Waals surface area contributed by atoms with Gasteiger partial charge in [0.2, 0.25) is 0 Å². The van der Waals surface area contributed by atoms with Crippen LogP contribution in [0.2, 0.25) is 0 Å². The van der Waals surface area contributed by atoms with Crippen molar-refractivity contribution in [3.63, 3.8) is 0 Å². The minimum atomic E-state index is 0.162. The number of hydrogen-bond acceptors (Lipinski definition) is 4. The molecule has 4 nitrogen and oxygen atoms in total. The monoisotopic (exact) mass is 187 g/mol. The van der Waals surface area contributed by atoms with E-state index in [-0.39, 0.29) is 5.75 Å². The molecule has 0 atom stereocenters. The zero-order chi connectivity index (χ0) is 9.97. The molecular weight excluding hydrogens is 178 g/mol. The van der Waals surface area contributed by atoms with Crippen LogP contribution in [0.4, 0.5) is 0 Å². The van der Waals surface area contributed by atoms with Crippen molar-refractivity contribution in [2.75, 3.05) is 0 Å². The summed E-state index contributed by atoms with van der Waals surface area (Å²) in [5, 5.41) is 13.8. The van der Waals surface area contributed by atoms with Gasteiger partial charge in [0.25, 0.3) is 0 Å². The molecule has 1 aromatic heterocycles. The number of para-hydroxylation sites is 1. The van der Waals surface area contributed by atoms with Crippen molar-refractivity contribution >= 4 is 17.1 Å². The van der Waals surface area contributed by atoms with Crippen LogP contribution in [-0.2, 0) is 0 Å². The van der Waals surface area contributed by atoms with Crippen molar-refractivity contribution in [3.8, 4) is 5.75 Å². The highest BCUT2D eigenvalue weighted by molar-refractivity contribution is 5.88. The Morgan fingerprint density at radius 2 is 2.14 bits per heavy atom. The van der Waals surface area contributed by atoms with Gasteiger partial charge >= 0.3 is 0 Å². The number of pyridine rings is 1. The summed E-state index contributed by atoms with van der Waals surface area (Å²) >= 11 is 0. The Bertz CT molecular complexity index is 494. The maximum absolute atomic E-state index is 9.53. The first-order valence-corrected chi connectivity index (χ1v) is 4.13. The molecule has 0 amide bonds. The molecule has 0 fully saturated rings. The first kappa shape index (κ1) is 8.50. The summed E-state index contributed by atoms with van der Waals surface area (Å²) in [6.45, 7) is 0. The van der Waals surface area contributed by atoms with Crippen molar-refractivity contribution in [1.29, 1.82) is 0 Å². The van der Waals surface area contributed by atoms with E-state index in [4.69, 9.17) is 5.84 Å². The van der Waals surface area contributed by atoms with Gasteiger partial charge in [-0.2, -0.15) is 5.10 Å². The lowest BCUT2D eigenvalue weighted by Gasteiger charge is -2.00. The molecule has 70 valence electrons. The lowest BCUT2D eigenvalue weighted by atomic mass is 10.2. The topological polar surface area (TPSA) is 71.5 Å². The molecule has 0 aliphatic heterocycles. The highest BCUT2D eigenvalue weighted by Gasteiger charge is 2.00. The fourth-order valence-electron chi connectivity index (χ4n) is 1.29. The van der Waals surface area contributed by atoms with Gasteiger partial charge in [-0.1, -0.05) is 18.2 Å². The summed E-state index contributed by atoms with van der Waals surface area (Å²) in [6, 6.07) is 8.90. The van der Waals surface area contributed by atoms with Gasteiger partial charge in [-0.15, -0.1) is 0 Å². The second-order valence-corrected chi connectivity index (χ2v) is 2.86. The van der Waals surface area contributed by atoms with Crippen LogP contribution in [0.25, 0.3) is 10.9 Å². The molecule has 2 aromatic rings. The average molecular weight is 187 g/mol. The van der Waals surface area contributed by atoms with Gasteiger partial charge in [0.15, 0.2) is 0 Å². The lowest BCUT2D eigenvalue weighted by Crippen LogP contribution is -1.91. The van der Waals surface area contributed by atoms with Crippen LogP contribution >= 0.6 is 0 Å². The second kappa shape index (κ2) is 3.33. The third-order valence-corrected chi connectivity index (χ3v) is 1.93. The molecule has 0 spiro atoms. The van der Waals surface area contributed by atoms with Gasteiger partial charge in [-0.05, 0) is 12.1 Å². The molecule has 14 heavy (non-hydrogen) atoms. The summed E-state index contributed by atoms with van der Waals surface area (Å²) in [4.78, 5) is 4.19. The SMILES string of the molecule is N/N=C/c1ccc2cccc(O)c2n1. The highest BCUT2D eigenvalue weighted by atomic mass is 16.3. The number of hydrazone groups is 1. The van der Waals surface area contributed by atoms with Crippen molar-refractivity contribution < 1.29 is 5.11 Å². The van der Waals surface area contributed by atoms with Gasteiger partial charge in [-0.3, -0.25) is 0 Å². The lowest BCUT2D eigenvalue weighted by molar-refractivity contribution is 0.480. The molecular formula is C10H9N3O. The minimum Gasteiger partial charge on any atom is -0.506 e. The van der Waals surface area contributed by atoms with Crippen LogP contribution in [0, 0.1) is 0 Å². The molecule has 0 radical (unpaired) electrons. The number of phenolic OH excluding ortho intramolecular Hbond substituents is 1. The molecule has 1 heterocycles. The van der Waals surface area contributed by atoms with E-state index in [1.807, 2.05) is 12.1 Å². The van der Waals surface area contributed by atoms with E-state index in [1.165, 1.54) is 6.21 Å². The summed E-state index contributed by atoms with van der Waals surface area (Å²) in [7, 11) is 0. The largest absolute Gasteiger partial charge is 0.506 e. The average Bonchev–Trinajstić information content (AvgIpc) is 2.20. The van der Waals surface area contributed by atoms with E-state index in [1.54, 1.807) is 18.2 Å². The number of benzene rings is 1. The van der Waals surface area contributed by atoms with Crippen LogP contribution in [0.1, 0.15) is 5.69 Å². The summed E-state index contributed by atoms with van der Waals surface area (Å²) < 4.78 is 0. The highest BCUT2D eigenvalue weighted by Crippen LogP contribution is 2.21. The molecule has 0 aliphatic carbocycles. The third kappa shape index (κ3) is 1.37. The molecule has 3 N–H and O–H groups in total. The van der Waals surface area contributed by atoms with Gasteiger partial charge in [0, 0.05) is 5.39 Å². The first-order valence-electron chi connectivity index (χ1n) is 4.13. The Morgan fingerprint density at radius 3 is 2.93 bits per heavy atom. The number of fused-ring (bicyclic) bond motifs is 1. The summed E-state index contributed by atoms with van der Waals surface area (Å²) in [6.07, 6.45) is 1.44. The molecule has 1 aromatic carbocycles. The Labute approximate surface area is 80.7 Å². The van der Waals surface area contributed by atoms with E-state index in [0.717, 1.165) is 5.39 Å². The number of hydrogen-bond donors (Lipinski definition) is 2.